The summed E-state index contributed by atoms with van der Waals surface area (Å²) in [5.74, 6) is 0.809. The molecule has 0 radical (unpaired) electrons. The van der Waals surface area contributed by atoms with Gasteiger partial charge in [-0.1, -0.05) is 6.92 Å². The first-order valence-electron chi connectivity index (χ1n) is 8.89. The molecule has 0 aliphatic carbocycles. The van der Waals surface area contributed by atoms with Gasteiger partial charge in [0.25, 0.3) is 0 Å². The fourth-order valence-corrected chi connectivity index (χ4v) is 3.11. The fraction of sp³-hybridized carbons (Fsp3) is 0.667. The average molecular weight is 371 g/mol. The quantitative estimate of drug-likeness (QED) is 0.594. The summed E-state index contributed by atoms with van der Waals surface area (Å²) in [6.07, 6.45) is 4.66. The van der Waals surface area contributed by atoms with Crippen LogP contribution in [0.5, 0.6) is 0 Å². The van der Waals surface area contributed by atoms with Crippen LogP contribution in [0.1, 0.15) is 38.4 Å². The van der Waals surface area contributed by atoms with Crippen LogP contribution in [0.2, 0.25) is 0 Å². The van der Waals surface area contributed by atoms with Crippen molar-refractivity contribution in [3.63, 3.8) is 0 Å². The molecule has 1 unspecified atom stereocenters. The van der Waals surface area contributed by atoms with Crippen molar-refractivity contribution in [2.75, 3.05) is 32.1 Å². The van der Waals surface area contributed by atoms with Crippen molar-refractivity contribution >= 4 is 23.4 Å². The van der Waals surface area contributed by atoms with Gasteiger partial charge in [0, 0.05) is 32.0 Å². The van der Waals surface area contributed by atoms with Gasteiger partial charge in [0.15, 0.2) is 0 Å². The van der Waals surface area contributed by atoms with E-state index in [0.29, 0.717) is 19.6 Å². The van der Waals surface area contributed by atoms with E-state index in [-0.39, 0.29) is 36.8 Å². The van der Waals surface area contributed by atoms with Gasteiger partial charge in [-0.05, 0) is 31.4 Å². The third-order valence-corrected chi connectivity index (χ3v) is 4.40. The first-order valence-corrected chi connectivity index (χ1v) is 9.43. The average Bonchev–Trinajstić information content (AvgIpc) is 3.28. The number of hydrogen-bond acceptors (Lipinski definition) is 4. The number of carbonyl (C=O) groups excluding carboxylic acids is 2. The molecule has 1 fully saturated rings. The Morgan fingerprint density at radius 1 is 1.32 bits per heavy atom. The Bertz CT molecular complexity index is 529. The van der Waals surface area contributed by atoms with Gasteiger partial charge in [0.05, 0.1) is 25.5 Å². The number of amides is 2. The maximum Gasteiger partial charge on any atom is 0.242 e. The summed E-state index contributed by atoms with van der Waals surface area (Å²) in [6, 6.07) is 3.65. The number of alkyl halides is 1. The Labute approximate surface area is 154 Å². The SMILES string of the molecule is CCCN(CC(=O)N(Cc1ccco1)CC1CCCO1)C(=O)CCCl. The van der Waals surface area contributed by atoms with Crippen molar-refractivity contribution in [1.29, 1.82) is 0 Å². The minimum atomic E-state index is -0.0942. The van der Waals surface area contributed by atoms with E-state index in [1.54, 1.807) is 22.1 Å². The Balaban J connectivity index is 2.02. The summed E-state index contributed by atoms with van der Waals surface area (Å²) in [4.78, 5) is 28.4. The summed E-state index contributed by atoms with van der Waals surface area (Å²) in [6.45, 7) is 4.24. The molecule has 2 rings (SSSR count). The zero-order chi connectivity index (χ0) is 18.1. The third kappa shape index (κ3) is 6.36. The van der Waals surface area contributed by atoms with Crippen molar-refractivity contribution in [2.24, 2.45) is 0 Å². The summed E-state index contributed by atoms with van der Waals surface area (Å²) in [5.41, 5.74) is 0. The van der Waals surface area contributed by atoms with Crippen LogP contribution in [0.15, 0.2) is 22.8 Å². The second kappa shape index (κ2) is 10.5. The van der Waals surface area contributed by atoms with Crippen LogP contribution in [0.25, 0.3) is 0 Å². The lowest BCUT2D eigenvalue weighted by atomic mass is 10.2. The van der Waals surface area contributed by atoms with E-state index in [2.05, 4.69) is 0 Å². The smallest absolute Gasteiger partial charge is 0.242 e. The molecule has 1 saturated heterocycles. The molecule has 0 N–H and O–H groups in total. The molecule has 1 aliphatic heterocycles. The summed E-state index contributed by atoms with van der Waals surface area (Å²) < 4.78 is 11.1. The van der Waals surface area contributed by atoms with Crippen LogP contribution < -0.4 is 0 Å². The molecular formula is C18H27ClN2O4. The summed E-state index contributed by atoms with van der Waals surface area (Å²) in [7, 11) is 0. The van der Waals surface area contributed by atoms with E-state index < -0.39 is 0 Å². The van der Waals surface area contributed by atoms with Crippen LogP contribution in [-0.2, 0) is 20.9 Å². The van der Waals surface area contributed by atoms with Crippen molar-refractivity contribution in [3.05, 3.63) is 24.2 Å². The topological polar surface area (TPSA) is 63.0 Å². The van der Waals surface area contributed by atoms with Crippen molar-refractivity contribution in [1.82, 2.24) is 9.80 Å². The van der Waals surface area contributed by atoms with E-state index in [0.717, 1.165) is 31.6 Å². The molecule has 25 heavy (non-hydrogen) atoms. The zero-order valence-corrected chi connectivity index (χ0v) is 15.5. The highest BCUT2D eigenvalue weighted by atomic mass is 35.5. The van der Waals surface area contributed by atoms with E-state index in [1.807, 2.05) is 13.0 Å². The molecule has 1 atom stereocenters. The molecule has 2 amide bonds. The maximum atomic E-state index is 12.9. The Morgan fingerprint density at radius 3 is 2.76 bits per heavy atom. The van der Waals surface area contributed by atoms with Gasteiger partial charge < -0.3 is 19.0 Å². The lowest BCUT2D eigenvalue weighted by Gasteiger charge is -2.28. The Hall–Kier alpha value is -1.53. The molecule has 1 aromatic rings. The molecule has 7 heteroatoms. The van der Waals surface area contributed by atoms with Crippen LogP contribution >= 0.6 is 11.6 Å². The highest BCUT2D eigenvalue weighted by Crippen LogP contribution is 2.16. The molecule has 1 aromatic heterocycles. The molecule has 0 spiro atoms. The molecular weight excluding hydrogens is 344 g/mol. The molecule has 0 aromatic carbocycles. The highest BCUT2D eigenvalue weighted by molar-refractivity contribution is 6.18. The highest BCUT2D eigenvalue weighted by Gasteiger charge is 2.25. The van der Waals surface area contributed by atoms with Crippen molar-refractivity contribution in [3.8, 4) is 0 Å². The molecule has 1 aliphatic rings. The molecule has 0 bridgehead atoms. The lowest BCUT2D eigenvalue weighted by Crippen LogP contribution is -2.45. The minimum Gasteiger partial charge on any atom is -0.467 e. The van der Waals surface area contributed by atoms with Gasteiger partial charge in [0.1, 0.15) is 5.76 Å². The fourth-order valence-electron chi connectivity index (χ4n) is 2.94. The van der Waals surface area contributed by atoms with Crippen molar-refractivity contribution in [2.45, 2.75) is 45.3 Å². The predicted molar refractivity (Wildman–Crippen MR) is 95.3 cm³/mol. The molecule has 2 heterocycles. The van der Waals surface area contributed by atoms with E-state index in [9.17, 15) is 9.59 Å². The second-order valence-electron chi connectivity index (χ2n) is 6.24. The summed E-state index contributed by atoms with van der Waals surface area (Å²) >= 11 is 5.68. The van der Waals surface area contributed by atoms with Crippen LogP contribution in [0.4, 0.5) is 0 Å². The van der Waals surface area contributed by atoms with E-state index in [1.165, 1.54) is 0 Å². The zero-order valence-electron chi connectivity index (χ0n) is 14.8. The van der Waals surface area contributed by atoms with Crippen LogP contribution in [0.3, 0.4) is 0 Å². The summed E-state index contributed by atoms with van der Waals surface area (Å²) in [5, 5.41) is 0. The third-order valence-electron chi connectivity index (χ3n) is 4.21. The normalized spacial score (nSPS) is 16.8. The number of nitrogens with zero attached hydrogens (tertiary/aromatic N) is 2. The Morgan fingerprint density at radius 2 is 2.16 bits per heavy atom. The van der Waals surface area contributed by atoms with Gasteiger partial charge in [0.2, 0.25) is 11.8 Å². The van der Waals surface area contributed by atoms with Gasteiger partial charge in [-0.2, -0.15) is 0 Å². The van der Waals surface area contributed by atoms with Gasteiger partial charge in [-0.15, -0.1) is 11.6 Å². The predicted octanol–water partition coefficient (Wildman–Crippen LogP) is 2.65. The number of carbonyl (C=O) groups is 2. The monoisotopic (exact) mass is 370 g/mol. The van der Waals surface area contributed by atoms with Crippen LogP contribution in [0, 0.1) is 0 Å². The van der Waals surface area contributed by atoms with Crippen LogP contribution in [-0.4, -0.2) is 59.8 Å². The standard InChI is InChI=1S/C18H27ClN2O4/c1-2-9-20(17(22)7-8-19)14-18(23)21(12-15-5-3-10-24-15)13-16-6-4-11-25-16/h3,5,10,16H,2,4,6-9,11-14H2,1H3. The first kappa shape index (κ1) is 19.8. The largest absolute Gasteiger partial charge is 0.467 e. The number of rotatable bonds is 10. The number of halogens is 1. The minimum absolute atomic E-state index is 0.0529. The van der Waals surface area contributed by atoms with E-state index in [4.69, 9.17) is 20.8 Å². The lowest BCUT2D eigenvalue weighted by molar-refractivity contribution is -0.141. The molecule has 6 nitrogen and oxygen atoms in total. The number of furan rings is 1. The number of hydrogen-bond donors (Lipinski definition) is 0. The Kier molecular flexibility index (Phi) is 8.28. The van der Waals surface area contributed by atoms with Gasteiger partial charge in [-0.3, -0.25) is 9.59 Å². The van der Waals surface area contributed by atoms with Crippen molar-refractivity contribution < 1.29 is 18.7 Å². The second-order valence-corrected chi connectivity index (χ2v) is 6.62. The number of ether oxygens (including phenoxy) is 1. The van der Waals surface area contributed by atoms with Gasteiger partial charge in [-0.25, -0.2) is 0 Å². The van der Waals surface area contributed by atoms with Gasteiger partial charge >= 0.3 is 0 Å². The maximum absolute atomic E-state index is 12.9. The molecule has 0 saturated carbocycles. The van der Waals surface area contributed by atoms with E-state index >= 15 is 0 Å². The molecule has 140 valence electrons. The first-order chi connectivity index (χ1) is 12.1.